The van der Waals surface area contributed by atoms with Crippen molar-refractivity contribution >= 4 is 31.2 Å². The largest absolute Gasteiger partial charge is 1.00 e. The summed E-state index contributed by atoms with van der Waals surface area (Å²) >= 11 is 0. The molecule has 0 saturated heterocycles. The molecule has 0 atom stereocenters. The van der Waals surface area contributed by atoms with Crippen LogP contribution in [-0.2, 0) is 34.8 Å². The van der Waals surface area contributed by atoms with Crippen LogP contribution >= 0.6 is 0 Å². The molecule has 0 aliphatic heterocycles. The molecule has 0 bridgehead atoms. The second kappa shape index (κ2) is 14.2. The summed E-state index contributed by atoms with van der Waals surface area (Å²) < 4.78 is 91.0. The van der Waals surface area contributed by atoms with E-state index in [0.29, 0.717) is 0 Å². The molecule has 17 heavy (non-hydrogen) atoms. The summed E-state index contributed by atoms with van der Waals surface area (Å²) in [5, 5.41) is 0. The summed E-state index contributed by atoms with van der Waals surface area (Å²) in [6.07, 6.45) is 0. The smallest absolute Gasteiger partial charge is 0.726 e. The fraction of sp³-hybridized carbons (Fsp3) is 0. The topological polar surface area (TPSA) is 201 Å². The predicted molar refractivity (Wildman–Crippen MR) is 32.8 cm³/mol. The Kier molecular flexibility index (Phi) is 27.7. The zero-order valence-corrected chi connectivity index (χ0v) is 20.6. The fourth-order valence-corrected chi connectivity index (χ4v) is 0.919. The first-order valence-electron chi connectivity index (χ1n) is 2.02. The molecule has 0 radical (unpaired) electrons. The third-order valence-electron chi connectivity index (χ3n) is 0.167. The van der Waals surface area contributed by atoms with Gasteiger partial charge in [-0.2, -0.15) is 3.63 Å². The molecule has 17 heteroatoms. The number of hydrogen-bond donors (Lipinski definition) is 1. The number of hydrogen-bond acceptors (Lipinski definition) is 10. The van der Waals surface area contributed by atoms with E-state index in [4.69, 9.17) is 17.5 Å². The van der Waals surface area contributed by atoms with Gasteiger partial charge in [0.1, 0.15) is 0 Å². The minimum absolute atomic E-state index is 0. The normalized spacial score (nSPS) is 10.6. The minimum atomic E-state index is -5.43. The molecule has 0 aromatic carbocycles. The first-order valence-corrected chi connectivity index (χ1v) is 6.05. The van der Waals surface area contributed by atoms with Gasteiger partial charge in [0.25, 0.3) is 0 Å². The first kappa shape index (κ1) is 33.2. The van der Waals surface area contributed by atoms with Crippen molar-refractivity contribution in [2.75, 3.05) is 0 Å². The Morgan fingerprint density at radius 3 is 0.824 bits per heavy atom. The Morgan fingerprint density at radius 2 is 0.824 bits per heavy atom. The zero-order chi connectivity index (χ0) is 12.2. The van der Waals surface area contributed by atoms with E-state index in [0.717, 1.165) is 0 Å². The fourth-order valence-electron chi connectivity index (χ4n) is 0.102. The molecule has 0 saturated carbocycles. The van der Waals surface area contributed by atoms with Crippen molar-refractivity contribution < 1.29 is 201 Å². The molecule has 0 unspecified atom stereocenters. The van der Waals surface area contributed by atoms with E-state index >= 15 is 0 Å². The minimum Gasteiger partial charge on any atom is -0.726 e. The van der Waals surface area contributed by atoms with Crippen LogP contribution in [0.2, 0.25) is 0 Å². The van der Waals surface area contributed by atoms with Crippen LogP contribution in [0.25, 0.3) is 0 Å². The first-order chi connectivity index (χ1) is 5.71. The van der Waals surface area contributed by atoms with Gasteiger partial charge in [-0.3, -0.25) is 4.55 Å². The summed E-state index contributed by atoms with van der Waals surface area (Å²) in [4.78, 5) is 0. The SMILES string of the molecule is O=S(=O)([O-])O.O=S(=O)([O-])OS(=O)(=O)[O-].[K+].[K+].[K+]. The second-order valence-corrected chi connectivity index (χ2v) is 4.35. The van der Waals surface area contributed by atoms with Crippen LogP contribution < -0.4 is 154 Å². The molecule has 0 aromatic heterocycles. The average Bonchev–Trinajstić information content (AvgIpc) is 1.42. The van der Waals surface area contributed by atoms with E-state index in [2.05, 4.69) is 3.63 Å². The van der Waals surface area contributed by atoms with Gasteiger partial charge in [0.2, 0.25) is 31.2 Å². The Bertz CT molecular complexity index is 414. The molecule has 1 N–H and O–H groups in total. The van der Waals surface area contributed by atoms with Crippen LogP contribution in [0.15, 0.2) is 0 Å². The summed E-state index contributed by atoms with van der Waals surface area (Å²) in [6, 6.07) is 0. The Morgan fingerprint density at radius 1 is 0.706 bits per heavy atom. The monoisotopic (exact) mass is 390 g/mol. The van der Waals surface area contributed by atoms with Crippen LogP contribution in [0.3, 0.4) is 0 Å². The van der Waals surface area contributed by atoms with Gasteiger partial charge in [0, 0.05) is 0 Å². The standard InChI is InChI=1S/3K.H2O7S2.H2O4S/c;;;1-8(2,3)7-9(4,5)6;1-5(2,3)4/h;;;(H,1,2,3)(H,4,5,6);(H2,1,2,3,4)/q3*+1;;/p-3. The summed E-state index contributed by atoms with van der Waals surface area (Å²) in [5.41, 5.74) is 0. The van der Waals surface area contributed by atoms with Crippen molar-refractivity contribution in [3.63, 3.8) is 0 Å². The second-order valence-electron chi connectivity index (χ2n) is 1.31. The van der Waals surface area contributed by atoms with Gasteiger partial charge in [-0.15, -0.1) is 0 Å². The average molecular weight is 390 g/mol. The van der Waals surface area contributed by atoms with Gasteiger partial charge in [0.05, 0.1) is 0 Å². The van der Waals surface area contributed by atoms with Gasteiger partial charge in [0.15, 0.2) is 0 Å². The molecule has 0 heterocycles. The molecule has 0 fully saturated rings. The third-order valence-corrected chi connectivity index (χ3v) is 1.50. The molecule has 0 amide bonds. The van der Waals surface area contributed by atoms with Gasteiger partial charge in [-0.25, -0.2) is 25.3 Å². The molecular weight excluding hydrogens is 389 g/mol. The molecule has 0 spiro atoms. The molecule has 0 aliphatic carbocycles. The maximum atomic E-state index is 9.29. The Hall–Kier alpha value is 4.56. The van der Waals surface area contributed by atoms with Crippen molar-refractivity contribution in [3.8, 4) is 0 Å². The summed E-state index contributed by atoms with van der Waals surface area (Å²) in [6.45, 7) is 0. The molecule has 11 nitrogen and oxygen atoms in total. The van der Waals surface area contributed by atoms with Crippen molar-refractivity contribution in [1.29, 1.82) is 0 Å². The number of rotatable bonds is 2. The van der Waals surface area contributed by atoms with Gasteiger partial charge in [-0.05, 0) is 0 Å². The van der Waals surface area contributed by atoms with E-state index in [1.165, 1.54) is 0 Å². The van der Waals surface area contributed by atoms with E-state index in [9.17, 15) is 25.9 Å². The van der Waals surface area contributed by atoms with Crippen LogP contribution in [0.4, 0.5) is 0 Å². The Labute approximate surface area is 226 Å². The van der Waals surface area contributed by atoms with E-state index in [1.54, 1.807) is 0 Å². The van der Waals surface area contributed by atoms with Crippen molar-refractivity contribution in [3.05, 3.63) is 0 Å². The van der Waals surface area contributed by atoms with E-state index in [-0.39, 0.29) is 154 Å². The molecule has 0 aromatic rings. The summed E-state index contributed by atoms with van der Waals surface area (Å²) in [7, 11) is -15.8. The molecule has 0 aliphatic rings. The summed E-state index contributed by atoms with van der Waals surface area (Å²) in [5.74, 6) is 0. The van der Waals surface area contributed by atoms with Crippen LogP contribution in [0.1, 0.15) is 0 Å². The van der Waals surface area contributed by atoms with Gasteiger partial charge < -0.3 is 13.7 Å². The third kappa shape index (κ3) is 63.5. The Balaban J connectivity index is -0.0000000533. The van der Waals surface area contributed by atoms with Gasteiger partial charge in [-0.1, -0.05) is 0 Å². The molecule has 0 rings (SSSR count). The van der Waals surface area contributed by atoms with Crippen LogP contribution in [-0.4, -0.2) is 43.5 Å². The zero-order valence-electron chi connectivity index (χ0n) is 8.75. The molecular formula is HK3O11S3. The van der Waals surface area contributed by atoms with Crippen molar-refractivity contribution in [1.82, 2.24) is 0 Å². The van der Waals surface area contributed by atoms with Crippen LogP contribution in [0.5, 0.6) is 0 Å². The van der Waals surface area contributed by atoms with Crippen molar-refractivity contribution in [2.45, 2.75) is 0 Å². The maximum absolute atomic E-state index is 9.29. The van der Waals surface area contributed by atoms with E-state index < -0.39 is 31.2 Å². The van der Waals surface area contributed by atoms with Gasteiger partial charge >= 0.3 is 154 Å². The quantitative estimate of drug-likeness (QED) is 0.266. The predicted octanol–water partition coefficient (Wildman–Crippen LogP) is -12.1. The maximum Gasteiger partial charge on any atom is 1.00 e. The molecule has 88 valence electrons. The van der Waals surface area contributed by atoms with E-state index in [1.807, 2.05) is 0 Å². The van der Waals surface area contributed by atoms with Crippen LogP contribution in [0, 0.1) is 0 Å². The van der Waals surface area contributed by atoms with Crippen molar-refractivity contribution in [2.24, 2.45) is 0 Å².